The van der Waals surface area contributed by atoms with E-state index in [4.69, 9.17) is 9.47 Å². The SMILES string of the molecule is CC(C)(C)OC(=O)[C@H](CCS(=O)(=O)c1ccccc1)NC(=O)OCC1c2ccccc2-c2ccccc21. The summed E-state index contributed by atoms with van der Waals surface area (Å²) in [6.07, 6.45) is -0.967. The Morgan fingerprint density at radius 3 is 1.97 bits per heavy atom. The molecular weight excluding hydrogens is 490 g/mol. The summed E-state index contributed by atoms with van der Waals surface area (Å²) in [7, 11) is -3.66. The number of esters is 1. The van der Waals surface area contributed by atoms with Crippen LogP contribution >= 0.6 is 0 Å². The van der Waals surface area contributed by atoms with E-state index < -0.39 is 33.5 Å². The first kappa shape index (κ1) is 26.4. The van der Waals surface area contributed by atoms with Crippen molar-refractivity contribution in [3.63, 3.8) is 0 Å². The van der Waals surface area contributed by atoms with Gasteiger partial charge in [0.05, 0.1) is 10.6 Å². The van der Waals surface area contributed by atoms with Gasteiger partial charge < -0.3 is 14.8 Å². The van der Waals surface area contributed by atoms with Gasteiger partial charge in [-0.2, -0.15) is 0 Å². The lowest BCUT2D eigenvalue weighted by Crippen LogP contribution is -2.45. The van der Waals surface area contributed by atoms with E-state index in [1.54, 1.807) is 39.0 Å². The number of alkyl carbamates (subject to hydrolysis) is 1. The number of carbonyl (C=O) groups excluding carboxylic acids is 2. The molecule has 3 aromatic carbocycles. The van der Waals surface area contributed by atoms with Gasteiger partial charge in [-0.25, -0.2) is 18.0 Å². The summed E-state index contributed by atoms with van der Waals surface area (Å²) in [4.78, 5) is 25.8. The average Bonchev–Trinajstić information content (AvgIpc) is 3.18. The molecule has 0 heterocycles. The summed E-state index contributed by atoms with van der Waals surface area (Å²) in [5.74, 6) is -1.20. The van der Waals surface area contributed by atoms with Crippen molar-refractivity contribution in [3.8, 4) is 11.1 Å². The van der Waals surface area contributed by atoms with Crippen LogP contribution in [0.2, 0.25) is 0 Å². The maximum atomic E-state index is 12.8. The van der Waals surface area contributed by atoms with Crippen molar-refractivity contribution in [2.75, 3.05) is 12.4 Å². The first-order valence-corrected chi connectivity index (χ1v) is 13.8. The van der Waals surface area contributed by atoms with E-state index in [0.717, 1.165) is 22.3 Å². The molecule has 37 heavy (non-hydrogen) atoms. The fourth-order valence-corrected chi connectivity index (χ4v) is 5.78. The maximum Gasteiger partial charge on any atom is 0.407 e. The van der Waals surface area contributed by atoms with Crippen molar-refractivity contribution in [1.29, 1.82) is 0 Å². The Balaban J connectivity index is 1.45. The van der Waals surface area contributed by atoms with Gasteiger partial charge in [0.25, 0.3) is 0 Å². The summed E-state index contributed by atoms with van der Waals surface area (Å²) < 4.78 is 36.5. The van der Waals surface area contributed by atoms with E-state index in [-0.39, 0.29) is 29.6 Å². The number of hydrogen-bond acceptors (Lipinski definition) is 6. The molecular formula is C29H31NO6S. The second kappa shape index (κ2) is 10.8. The number of hydrogen-bond donors (Lipinski definition) is 1. The Morgan fingerprint density at radius 2 is 1.41 bits per heavy atom. The second-order valence-corrected chi connectivity index (χ2v) is 12.1. The predicted molar refractivity (Wildman–Crippen MR) is 141 cm³/mol. The molecule has 0 saturated carbocycles. The van der Waals surface area contributed by atoms with E-state index >= 15 is 0 Å². The lowest BCUT2D eigenvalue weighted by Gasteiger charge is -2.24. The fraction of sp³-hybridized carbons (Fsp3) is 0.310. The quantitative estimate of drug-likeness (QED) is 0.414. The monoisotopic (exact) mass is 521 g/mol. The van der Waals surface area contributed by atoms with Crippen LogP contribution in [0.25, 0.3) is 11.1 Å². The Kier molecular flexibility index (Phi) is 7.68. The summed E-state index contributed by atoms with van der Waals surface area (Å²) in [5.41, 5.74) is 3.52. The van der Waals surface area contributed by atoms with Crippen LogP contribution in [0.15, 0.2) is 83.8 Å². The highest BCUT2D eigenvalue weighted by atomic mass is 32.2. The van der Waals surface area contributed by atoms with E-state index in [1.807, 2.05) is 48.5 Å². The Hall–Kier alpha value is -3.65. The van der Waals surface area contributed by atoms with E-state index in [1.165, 1.54) is 12.1 Å². The van der Waals surface area contributed by atoms with Crippen LogP contribution in [0, 0.1) is 0 Å². The van der Waals surface area contributed by atoms with Gasteiger partial charge in [0.1, 0.15) is 18.2 Å². The van der Waals surface area contributed by atoms with Crippen molar-refractivity contribution in [2.24, 2.45) is 0 Å². The van der Waals surface area contributed by atoms with Gasteiger partial charge >= 0.3 is 12.1 Å². The van der Waals surface area contributed by atoms with Crippen LogP contribution in [0.5, 0.6) is 0 Å². The molecule has 0 spiro atoms. The molecule has 0 saturated heterocycles. The number of amides is 1. The molecule has 0 aliphatic heterocycles. The summed E-state index contributed by atoms with van der Waals surface area (Å²) in [6.45, 7) is 5.19. The number of rotatable bonds is 8. The normalized spacial score (nSPS) is 13.8. The van der Waals surface area contributed by atoms with E-state index in [0.29, 0.717) is 0 Å². The molecule has 1 aliphatic rings. The van der Waals surface area contributed by atoms with Crippen LogP contribution < -0.4 is 5.32 Å². The first-order valence-electron chi connectivity index (χ1n) is 12.2. The molecule has 194 valence electrons. The molecule has 0 fully saturated rings. The van der Waals surface area contributed by atoms with Crippen LogP contribution in [-0.2, 0) is 24.1 Å². The number of sulfone groups is 1. The van der Waals surface area contributed by atoms with Gasteiger partial charge in [0.2, 0.25) is 0 Å². The molecule has 1 atom stereocenters. The number of ether oxygens (including phenoxy) is 2. The molecule has 1 N–H and O–H groups in total. The average molecular weight is 522 g/mol. The molecule has 3 aromatic rings. The van der Waals surface area contributed by atoms with Crippen molar-refractivity contribution < 1.29 is 27.5 Å². The van der Waals surface area contributed by atoms with Gasteiger partial charge in [-0.05, 0) is 61.6 Å². The van der Waals surface area contributed by atoms with Crippen molar-refractivity contribution in [1.82, 2.24) is 5.32 Å². The topological polar surface area (TPSA) is 98.8 Å². The minimum absolute atomic E-state index is 0.0726. The zero-order valence-electron chi connectivity index (χ0n) is 21.1. The van der Waals surface area contributed by atoms with Gasteiger partial charge in [-0.3, -0.25) is 0 Å². The van der Waals surface area contributed by atoms with Crippen LogP contribution in [-0.4, -0.2) is 44.5 Å². The number of nitrogens with one attached hydrogen (secondary N) is 1. The molecule has 0 radical (unpaired) electrons. The van der Waals surface area contributed by atoms with Gasteiger partial charge in [-0.1, -0.05) is 66.7 Å². The largest absolute Gasteiger partial charge is 0.458 e. The van der Waals surface area contributed by atoms with Crippen molar-refractivity contribution >= 4 is 21.9 Å². The van der Waals surface area contributed by atoms with Gasteiger partial charge in [0, 0.05) is 5.92 Å². The fourth-order valence-electron chi connectivity index (χ4n) is 4.42. The highest BCUT2D eigenvalue weighted by Crippen LogP contribution is 2.44. The third-order valence-electron chi connectivity index (χ3n) is 6.10. The van der Waals surface area contributed by atoms with Crippen LogP contribution in [0.4, 0.5) is 4.79 Å². The lowest BCUT2D eigenvalue weighted by atomic mass is 9.98. The highest BCUT2D eigenvalue weighted by Gasteiger charge is 2.32. The van der Waals surface area contributed by atoms with Crippen molar-refractivity contribution in [2.45, 2.75) is 49.6 Å². The Labute approximate surface area is 217 Å². The van der Waals surface area contributed by atoms with Crippen LogP contribution in [0.3, 0.4) is 0 Å². The summed E-state index contributed by atoms with van der Waals surface area (Å²) >= 11 is 0. The minimum atomic E-state index is -3.66. The second-order valence-electron chi connectivity index (χ2n) is 9.98. The Morgan fingerprint density at radius 1 is 0.865 bits per heavy atom. The zero-order chi connectivity index (χ0) is 26.6. The number of benzene rings is 3. The molecule has 8 heteroatoms. The van der Waals surface area contributed by atoms with Crippen molar-refractivity contribution in [3.05, 3.63) is 90.0 Å². The summed E-state index contributed by atoms with van der Waals surface area (Å²) in [5, 5.41) is 2.54. The van der Waals surface area contributed by atoms with Gasteiger partial charge in [-0.15, -0.1) is 0 Å². The standard InChI is InChI=1S/C29H31NO6S/c1-29(2,3)36-27(31)26(17-18-37(33,34)20-11-5-4-6-12-20)30-28(32)35-19-25-23-15-9-7-13-21(23)22-14-8-10-16-24(22)25/h4-16,25-26H,17-19H2,1-3H3,(H,30,32)/t26-/m0/s1. The third-order valence-corrected chi connectivity index (χ3v) is 7.87. The molecule has 0 bridgehead atoms. The predicted octanol–water partition coefficient (Wildman–Crippen LogP) is 5.10. The lowest BCUT2D eigenvalue weighted by molar-refractivity contribution is -0.157. The minimum Gasteiger partial charge on any atom is -0.458 e. The smallest absolute Gasteiger partial charge is 0.407 e. The van der Waals surface area contributed by atoms with Crippen LogP contribution in [0.1, 0.15) is 44.2 Å². The number of fused-ring (bicyclic) bond motifs is 3. The highest BCUT2D eigenvalue weighted by molar-refractivity contribution is 7.91. The van der Waals surface area contributed by atoms with E-state index in [9.17, 15) is 18.0 Å². The molecule has 1 amide bonds. The summed E-state index contributed by atoms with van der Waals surface area (Å²) in [6, 6.07) is 22.7. The molecule has 0 aromatic heterocycles. The number of carbonyl (C=O) groups is 2. The third kappa shape index (κ3) is 6.38. The molecule has 4 rings (SSSR count). The molecule has 1 aliphatic carbocycles. The molecule has 7 nitrogen and oxygen atoms in total. The Bertz CT molecular complexity index is 1330. The molecule has 0 unspecified atom stereocenters. The first-order chi connectivity index (χ1) is 17.5. The zero-order valence-corrected chi connectivity index (χ0v) is 22.0. The van der Waals surface area contributed by atoms with Gasteiger partial charge in [0.15, 0.2) is 9.84 Å². The van der Waals surface area contributed by atoms with E-state index in [2.05, 4.69) is 5.32 Å². The maximum absolute atomic E-state index is 12.8.